The molecule has 182 valence electrons. The number of aliphatic hydroxyl groups is 1. The van der Waals surface area contributed by atoms with Gasteiger partial charge in [-0.3, -0.25) is 4.79 Å². The standard InChI is InChI=1S/C25H31N3O5S/c1-5-25(30)27(4)16-23-18(2)15-28(19(3)17-29)34(31,32)24-12-10-20(14-22(24)33-23)9-11-21-8-6-7-13-26-21/h6-8,10,12-14,18-19,23,29H,5,15-17H2,1-4H3/t18-,19-,23-/m1/s1. The molecule has 0 aliphatic carbocycles. The second kappa shape index (κ2) is 11.0. The van der Waals surface area contributed by atoms with E-state index in [1.807, 2.05) is 13.0 Å². The molecule has 0 fully saturated rings. The summed E-state index contributed by atoms with van der Waals surface area (Å²) >= 11 is 0. The van der Waals surface area contributed by atoms with E-state index in [1.54, 1.807) is 56.3 Å². The molecule has 3 rings (SSSR count). The Morgan fingerprint density at radius 3 is 2.74 bits per heavy atom. The first kappa shape index (κ1) is 25.7. The number of pyridine rings is 1. The molecule has 1 aromatic carbocycles. The fourth-order valence-corrected chi connectivity index (χ4v) is 5.56. The molecule has 34 heavy (non-hydrogen) atoms. The molecule has 1 aliphatic heterocycles. The summed E-state index contributed by atoms with van der Waals surface area (Å²) in [4.78, 5) is 18.0. The van der Waals surface area contributed by atoms with Crippen LogP contribution >= 0.6 is 0 Å². The Labute approximate surface area is 201 Å². The number of aromatic nitrogens is 1. The second-order valence-corrected chi connectivity index (χ2v) is 10.4. The maximum atomic E-state index is 13.5. The molecule has 8 nitrogen and oxygen atoms in total. The molecule has 0 saturated heterocycles. The van der Waals surface area contributed by atoms with E-state index in [4.69, 9.17) is 4.74 Å². The van der Waals surface area contributed by atoms with Gasteiger partial charge in [-0.1, -0.05) is 25.8 Å². The molecule has 9 heteroatoms. The second-order valence-electron chi connectivity index (χ2n) is 8.49. The molecule has 1 amide bonds. The van der Waals surface area contributed by atoms with E-state index in [0.717, 1.165) is 0 Å². The number of carbonyl (C=O) groups is 1. The average Bonchev–Trinajstić information content (AvgIpc) is 2.84. The van der Waals surface area contributed by atoms with Crippen LogP contribution in [0.15, 0.2) is 47.5 Å². The van der Waals surface area contributed by atoms with E-state index < -0.39 is 22.2 Å². The molecule has 0 bridgehead atoms. The third-order valence-electron chi connectivity index (χ3n) is 5.85. The van der Waals surface area contributed by atoms with Crippen molar-refractivity contribution >= 4 is 15.9 Å². The molecular formula is C25H31N3O5S. The molecule has 0 saturated carbocycles. The summed E-state index contributed by atoms with van der Waals surface area (Å²) in [5, 5.41) is 9.74. The molecule has 2 heterocycles. The van der Waals surface area contributed by atoms with Gasteiger partial charge in [0.05, 0.1) is 13.2 Å². The highest BCUT2D eigenvalue weighted by molar-refractivity contribution is 7.89. The number of nitrogens with zero attached hydrogens (tertiary/aromatic N) is 3. The summed E-state index contributed by atoms with van der Waals surface area (Å²) in [5.41, 5.74) is 1.17. The number of amides is 1. The van der Waals surface area contributed by atoms with Crippen molar-refractivity contribution in [3.8, 4) is 17.6 Å². The predicted molar refractivity (Wildman–Crippen MR) is 129 cm³/mol. The van der Waals surface area contributed by atoms with Crippen LogP contribution in [0.1, 0.15) is 38.4 Å². The monoisotopic (exact) mass is 485 g/mol. The SMILES string of the molecule is CCC(=O)N(C)C[C@H]1Oc2cc(C#Cc3ccccn3)ccc2S(=O)(=O)N([C@H](C)CO)C[C@H]1C. The molecule has 2 aromatic rings. The Morgan fingerprint density at radius 1 is 1.32 bits per heavy atom. The zero-order valence-corrected chi connectivity index (χ0v) is 20.7. The summed E-state index contributed by atoms with van der Waals surface area (Å²) < 4.78 is 34.6. The normalized spacial score (nSPS) is 20.5. The van der Waals surface area contributed by atoms with E-state index >= 15 is 0 Å². The molecule has 1 aromatic heterocycles. The lowest BCUT2D eigenvalue weighted by molar-refractivity contribution is -0.131. The average molecular weight is 486 g/mol. The van der Waals surface area contributed by atoms with Gasteiger partial charge in [0.15, 0.2) is 0 Å². The zero-order chi connectivity index (χ0) is 24.9. The highest BCUT2D eigenvalue weighted by atomic mass is 32.2. The number of hydrogen-bond donors (Lipinski definition) is 1. The summed E-state index contributed by atoms with van der Waals surface area (Å²) in [6.07, 6.45) is 1.56. The van der Waals surface area contributed by atoms with Crippen LogP contribution in [0.2, 0.25) is 0 Å². The third-order valence-corrected chi connectivity index (χ3v) is 7.87. The minimum absolute atomic E-state index is 0.0116. The number of ether oxygens (including phenoxy) is 1. The van der Waals surface area contributed by atoms with Crippen molar-refractivity contribution in [1.29, 1.82) is 0 Å². The Bertz CT molecular complexity index is 1170. The maximum Gasteiger partial charge on any atom is 0.247 e. The molecular weight excluding hydrogens is 454 g/mol. The van der Waals surface area contributed by atoms with Gasteiger partial charge in [0, 0.05) is 43.7 Å². The van der Waals surface area contributed by atoms with Crippen LogP contribution in [0.25, 0.3) is 0 Å². The first-order chi connectivity index (χ1) is 16.2. The number of fused-ring (bicyclic) bond motifs is 1. The minimum Gasteiger partial charge on any atom is -0.487 e. The number of aliphatic hydroxyl groups excluding tert-OH is 1. The van der Waals surface area contributed by atoms with Crippen LogP contribution in [-0.2, 0) is 14.8 Å². The van der Waals surface area contributed by atoms with E-state index in [2.05, 4.69) is 16.8 Å². The Morgan fingerprint density at radius 2 is 2.09 bits per heavy atom. The van der Waals surface area contributed by atoms with E-state index in [1.165, 1.54) is 10.4 Å². The Kier molecular flexibility index (Phi) is 8.31. The van der Waals surface area contributed by atoms with Crippen LogP contribution in [0, 0.1) is 17.8 Å². The van der Waals surface area contributed by atoms with Gasteiger partial charge < -0.3 is 14.7 Å². The summed E-state index contributed by atoms with van der Waals surface area (Å²) in [5.74, 6) is 5.88. The van der Waals surface area contributed by atoms with Crippen LogP contribution in [0.4, 0.5) is 0 Å². The minimum atomic E-state index is -3.94. The van der Waals surface area contributed by atoms with Crippen molar-refractivity contribution in [3.05, 3.63) is 53.9 Å². The van der Waals surface area contributed by atoms with Gasteiger partial charge in [0.2, 0.25) is 15.9 Å². The van der Waals surface area contributed by atoms with Crippen LogP contribution in [0.3, 0.4) is 0 Å². The third kappa shape index (κ3) is 5.76. The lowest BCUT2D eigenvalue weighted by Crippen LogP contribution is -2.50. The molecule has 3 atom stereocenters. The van der Waals surface area contributed by atoms with Crippen molar-refractivity contribution in [3.63, 3.8) is 0 Å². The highest BCUT2D eigenvalue weighted by Crippen LogP contribution is 2.34. The quantitative estimate of drug-likeness (QED) is 0.652. The van der Waals surface area contributed by atoms with E-state index in [0.29, 0.717) is 24.2 Å². The topological polar surface area (TPSA) is 100 Å². The van der Waals surface area contributed by atoms with Crippen LogP contribution in [0.5, 0.6) is 5.75 Å². The molecule has 1 aliphatic rings. The lowest BCUT2D eigenvalue weighted by atomic mass is 10.0. The number of carbonyl (C=O) groups excluding carboxylic acids is 1. The lowest BCUT2D eigenvalue weighted by Gasteiger charge is -2.37. The fourth-order valence-electron chi connectivity index (χ4n) is 3.74. The summed E-state index contributed by atoms with van der Waals surface area (Å²) in [7, 11) is -2.23. The fraction of sp³-hybridized carbons (Fsp3) is 0.440. The van der Waals surface area contributed by atoms with Gasteiger partial charge in [0.25, 0.3) is 0 Å². The highest BCUT2D eigenvalue weighted by Gasteiger charge is 2.38. The first-order valence-electron chi connectivity index (χ1n) is 11.3. The summed E-state index contributed by atoms with van der Waals surface area (Å²) in [6, 6.07) is 9.53. The smallest absolute Gasteiger partial charge is 0.247 e. The van der Waals surface area contributed by atoms with Crippen molar-refractivity contribution in [2.45, 2.75) is 44.2 Å². The first-order valence-corrected chi connectivity index (χ1v) is 12.7. The maximum absolute atomic E-state index is 13.5. The van der Waals surface area contributed by atoms with E-state index in [-0.39, 0.29) is 35.6 Å². The van der Waals surface area contributed by atoms with Crippen molar-refractivity contribution < 1.29 is 23.1 Å². The molecule has 1 N–H and O–H groups in total. The summed E-state index contributed by atoms with van der Waals surface area (Å²) in [6.45, 7) is 5.50. The zero-order valence-electron chi connectivity index (χ0n) is 19.9. The number of sulfonamides is 1. The van der Waals surface area contributed by atoms with Gasteiger partial charge in [0.1, 0.15) is 22.4 Å². The van der Waals surface area contributed by atoms with Gasteiger partial charge in [-0.25, -0.2) is 13.4 Å². The van der Waals surface area contributed by atoms with Gasteiger partial charge >= 0.3 is 0 Å². The van der Waals surface area contributed by atoms with Crippen molar-refractivity contribution in [2.75, 3.05) is 26.7 Å². The van der Waals surface area contributed by atoms with Crippen molar-refractivity contribution in [1.82, 2.24) is 14.2 Å². The molecule has 0 radical (unpaired) electrons. The number of benzene rings is 1. The largest absolute Gasteiger partial charge is 0.487 e. The Hall–Kier alpha value is -2.93. The van der Waals surface area contributed by atoms with Gasteiger partial charge in [-0.2, -0.15) is 4.31 Å². The van der Waals surface area contributed by atoms with E-state index in [9.17, 15) is 18.3 Å². The van der Waals surface area contributed by atoms with Gasteiger partial charge in [-0.15, -0.1) is 0 Å². The number of likely N-dealkylation sites (N-methyl/N-ethyl adjacent to an activating group) is 1. The van der Waals surface area contributed by atoms with Crippen LogP contribution < -0.4 is 4.74 Å². The Balaban J connectivity index is 2.06. The molecule has 0 spiro atoms. The molecule has 0 unspecified atom stereocenters. The number of hydrogen-bond acceptors (Lipinski definition) is 6. The predicted octanol–water partition coefficient (Wildman–Crippen LogP) is 2.12. The van der Waals surface area contributed by atoms with Gasteiger partial charge in [-0.05, 0) is 43.2 Å². The van der Waals surface area contributed by atoms with Crippen molar-refractivity contribution in [2.24, 2.45) is 5.92 Å². The van der Waals surface area contributed by atoms with Crippen LogP contribution in [-0.4, -0.2) is 72.5 Å². The number of rotatable bonds is 5.